The first-order valence-electron chi connectivity index (χ1n) is 6.46. The van der Waals surface area contributed by atoms with Crippen molar-refractivity contribution in [3.05, 3.63) is 12.2 Å². The van der Waals surface area contributed by atoms with E-state index in [0.717, 1.165) is 12.8 Å². The number of aliphatic hydroxyl groups excluding tert-OH is 1. The second-order valence-electron chi connectivity index (χ2n) is 4.87. The zero-order valence-corrected chi connectivity index (χ0v) is 10.9. The Morgan fingerprint density at radius 2 is 2.16 bits per heavy atom. The third-order valence-electron chi connectivity index (χ3n) is 3.32. The number of amides is 1. The minimum atomic E-state index is -0.526. The van der Waals surface area contributed by atoms with E-state index in [2.05, 4.69) is 10.1 Å². The van der Waals surface area contributed by atoms with Crippen LogP contribution in [0.15, 0.2) is 12.2 Å². The molecule has 1 aliphatic heterocycles. The molecule has 2 aliphatic rings. The lowest BCUT2D eigenvalue weighted by Gasteiger charge is -2.31. The summed E-state index contributed by atoms with van der Waals surface area (Å²) in [4.78, 5) is 22.8. The summed E-state index contributed by atoms with van der Waals surface area (Å²) in [6.45, 7) is -0.211. The predicted molar refractivity (Wildman–Crippen MR) is 66.2 cm³/mol. The minimum absolute atomic E-state index is 0.00289. The molecule has 0 saturated heterocycles. The van der Waals surface area contributed by atoms with Gasteiger partial charge >= 0.3 is 5.97 Å². The van der Waals surface area contributed by atoms with Crippen LogP contribution in [0.1, 0.15) is 19.3 Å². The fourth-order valence-electron chi connectivity index (χ4n) is 2.01. The van der Waals surface area contributed by atoms with Crippen LogP contribution in [0, 0.1) is 5.92 Å². The fraction of sp³-hybridized carbons (Fsp3) is 0.692. The molecular weight excluding hydrogens is 250 g/mol. The number of nitrogens with one attached hydrogen (secondary N) is 1. The SMILES string of the molecule is COC(=O)C[C@H]1C=C[C@@H](NC(=O)C2CC2)[C@@H](CO)O1. The summed E-state index contributed by atoms with van der Waals surface area (Å²) in [6.07, 6.45) is 4.52. The Kier molecular flexibility index (Phi) is 4.55. The van der Waals surface area contributed by atoms with E-state index >= 15 is 0 Å². The standard InChI is InChI=1S/C13H19NO5/c1-18-12(16)6-9-4-5-10(11(7-15)19-9)14-13(17)8-2-3-8/h4-5,8-11,15H,2-3,6-7H2,1H3,(H,14,17)/t9-,10-,11-/m1/s1. The van der Waals surface area contributed by atoms with E-state index in [4.69, 9.17) is 4.74 Å². The van der Waals surface area contributed by atoms with Gasteiger partial charge in [0.1, 0.15) is 6.10 Å². The molecule has 1 heterocycles. The van der Waals surface area contributed by atoms with Gasteiger partial charge in [-0.15, -0.1) is 0 Å². The third kappa shape index (κ3) is 3.78. The molecule has 2 N–H and O–H groups in total. The predicted octanol–water partition coefficient (Wildman–Crippen LogP) is -0.240. The molecule has 1 aliphatic carbocycles. The van der Waals surface area contributed by atoms with E-state index in [-0.39, 0.29) is 36.9 Å². The van der Waals surface area contributed by atoms with Gasteiger partial charge in [0.15, 0.2) is 0 Å². The van der Waals surface area contributed by atoms with Gasteiger partial charge in [-0.05, 0) is 12.8 Å². The molecule has 2 rings (SSSR count). The van der Waals surface area contributed by atoms with Gasteiger partial charge in [0.2, 0.25) is 5.91 Å². The average molecular weight is 269 g/mol. The van der Waals surface area contributed by atoms with Crippen LogP contribution in [-0.4, -0.2) is 48.9 Å². The molecule has 0 spiro atoms. The largest absolute Gasteiger partial charge is 0.469 e. The van der Waals surface area contributed by atoms with Crippen molar-refractivity contribution in [2.45, 2.75) is 37.5 Å². The molecule has 0 unspecified atom stereocenters. The molecule has 1 saturated carbocycles. The molecule has 0 bridgehead atoms. The van der Waals surface area contributed by atoms with E-state index in [1.807, 2.05) is 0 Å². The maximum absolute atomic E-state index is 11.7. The molecule has 19 heavy (non-hydrogen) atoms. The topological polar surface area (TPSA) is 84.9 Å². The zero-order valence-electron chi connectivity index (χ0n) is 10.9. The van der Waals surface area contributed by atoms with Gasteiger partial charge in [-0.3, -0.25) is 9.59 Å². The molecule has 0 aromatic carbocycles. The first-order valence-corrected chi connectivity index (χ1v) is 6.46. The van der Waals surface area contributed by atoms with Gasteiger partial charge in [-0.2, -0.15) is 0 Å². The Morgan fingerprint density at radius 3 is 2.74 bits per heavy atom. The number of esters is 1. The van der Waals surface area contributed by atoms with Crippen molar-refractivity contribution in [1.29, 1.82) is 0 Å². The van der Waals surface area contributed by atoms with Crippen molar-refractivity contribution < 1.29 is 24.2 Å². The lowest BCUT2D eigenvalue weighted by atomic mass is 10.0. The fourth-order valence-corrected chi connectivity index (χ4v) is 2.01. The number of carbonyl (C=O) groups is 2. The molecule has 106 valence electrons. The summed E-state index contributed by atoms with van der Waals surface area (Å²) in [6, 6.07) is -0.341. The number of aliphatic hydroxyl groups is 1. The Balaban J connectivity index is 1.91. The molecule has 1 amide bonds. The van der Waals surface area contributed by atoms with Crippen molar-refractivity contribution in [2.24, 2.45) is 5.92 Å². The number of ether oxygens (including phenoxy) is 2. The number of carbonyl (C=O) groups excluding carboxylic acids is 2. The maximum atomic E-state index is 11.7. The summed E-state index contributed by atoms with van der Waals surface area (Å²) in [5.41, 5.74) is 0. The highest BCUT2D eigenvalue weighted by Gasteiger charge is 2.34. The smallest absolute Gasteiger partial charge is 0.308 e. The molecule has 0 aromatic heterocycles. The van der Waals surface area contributed by atoms with Crippen LogP contribution < -0.4 is 5.32 Å². The normalized spacial score (nSPS) is 29.9. The third-order valence-corrected chi connectivity index (χ3v) is 3.32. The monoisotopic (exact) mass is 269 g/mol. The van der Waals surface area contributed by atoms with Crippen molar-refractivity contribution in [3.63, 3.8) is 0 Å². The summed E-state index contributed by atoms with van der Waals surface area (Å²) < 4.78 is 10.1. The zero-order chi connectivity index (χ0) is 13.8. The van der Waals surface area contributed by atoms with Gasteiger partial charge < -0.3 is 19.9 Å². The molecule has 1 fully saturated rings. The van der Waals surface area contributed by atoms with E-state index < -0.39 is 12.2 Å². The summed E-state index contributed by atoms with van der Waals surface area (Å²) in [5.74, 6) is -0.254. The Labute approximate surface area is 111 Å². The van der Waals surface area contributed by atoms with Gasteiger partial charge in [-0.1, -0.05) is 12.2 Å². The van der Waals surface area contributed by atoms with E-state index in [1.54, 1.807) is 12.2 Å². The van der Waals surface area contributed by atoms with Gasteiger partial charge in [0, 0.05) is 5.92 Å². The number of hydrogen-bond acceptors (Lipinski definition) is 5. The molecule has 6 heteroatoms. The van der Waals surface area contributed by atoms with Crippen LogP contribution in [0.5, 0.6) is 0 Å². The first kappa shape index (κ1) is 14.0. The van der Waals surface area contributed by atoms with Crippen molar-refractivity contribution in [2.75, 3.05) is 13.7 Å². The van der Waals surface area contributed by atoms with Crippen LogP contribution in [-0.2, 0) is 19.1 Å². The molecule has 0 radical (unpaired) electrons. The highest BCUT2D eigenvalue weighted by Crippen LogP contribution is 2.29. The highest BCUT2D eigenvalue weighted by atomic mass is 16.5. The van der Waals surface area contributed by atoms with Crippen molar-refractivity contribution in [3.8, 4) is 0 Å². The summed E-state index contributed by atoms with van der Waals surface area (Å²) >= 11 is 0. The molecule has 6 nitrogen and oxygen atoms in total. The van der Waals surface area contributed by atoms with Crippen molar-refractivity contribution >= 4 is 11.9 Å². The second kappa shape index (κ2) is 6.16. The molecule has 3 atom stereocenters. The second-order valence-corrected chi connectivity index (χ2v) is 4.87. The average Bonchev–Trinajstić information content (AvgIpc) is 3.24. The van der Waals surface area contributed by atoms with Crippen LogP contribution in [0.25, 0.3) is 0 Å². The highest BCUT2D eigenvalue weighted by molar-refractivity contribution is 5.81. The van der Waals surface area contributed by atoms with Crippen LogP contribution >= 0.6 is 0 Å². The van der Waals surface area contributed by atoms with Gasteiger partial charge in [-0.25, -0.2) is 0 Å². The van der Waals surface area contributed by atoms with E-state index in [1.165, 1.54) is 7.11 Å². The number of methoxy groups -OCH3 is 1. The number of hydrogen-bond donors (Lipinski definition) is 2. The van der Waals surface area contributed by atoms with Crippen LogP contribution in [0.3, 0.4) is 0 Å². The Bertz CT molecular complexity index is 377. The first-order chi connectivity index (χ1) is 9.13. The lowest BCUT2D eigenvalue weighted by Crippen LogP contribution is -2.49. The van der Waals surface area contributed by atoms with Gasteiger partial charge in [0.25, 0.3) is 0 Å². The Hall–Kier alpha value is -1.40. The maximum Gasteiger partial charge on any atom is 0.308 e. The van der Waals surface area contributed by atoms with E-state index in [0.29, 0.717) is 0 Å². The summed E-state index contributed by atoms with van der Waals surface area (Å²) in [7, 11) is 1.32. The molecule has 0 aromatic rings. The lowest BCUT2D eigenvalue weighted by molar-refractivity contribution is -0.145. The van der Waals surface area contributed by atoms with Crippen molar-refractivity contribution in [1.82, 2.24) is 5.32 Å². The van der Waals surface area contributed by atoms with Crippen LogP contribution in [0.4, 0.5) is 0 Å². The minimum Gasteiger partial charge on any atom is -0.469 e. The van der Waals surface area contributed by atoms with Gasteiger partial charge in [0.05, 0.1) is 32.3 Å². The summed E-state index contributed by atoms with van der Waals surface area (Å²) in [5, 5.41) is 12.2. The Morgan fingerprint density at radius 1 is 1.42 bits per heavy atom. The van der Waals surface area contributed by atoms with E-state index in [9.17, 15) is 14.7 Å². The quantitative estimate of drug-likeness (QED) is 0.531. The van der Waals surface area contributed by atoms with Crippen LogP contribution in [0.2, 0.25) is 0 Å². The number of rotatable bonds is 5. The molecular formula is C13H19NO5.